The van der Waals surface area contributed by atoms with Crippen LogP contribution < -0.4 is 0 Å². The van der Waals surface area contributed by atoms with E-state index in [2.05, 4.69) is 58.9 Å². The van der Waals surface area contributed by atoms with Crippen LogP contribution >= 0.6 is 0 Å². The molecular formula is C19H30O. The van der Waals surface area contributed by atoms with E-state index in [-0.39, 0.29) is 16.9 Å². The normalized spacial score (nSPS) is 23.8. The standard InChI is InChI=1S/C19H30O/c1-6-18(2,3)15-11-9-14(10-12-15)17(20)16-8-7-13-19(16,4)5/h9-12,16-17,20H,6-8,13H2,1-5H3. The van der Waals surface area contributed by atoms with Crippen molar-refractivity contribution in [3.8, 4) is 0 Å². The summed E-state index contributed by atoms with van der Waals surface area (Å²) in [7, 11) is 0. The van der Waals surface area contributed by atoms with Gasteiger partial charge in [-0.25, -0.2) is 0 Å². The Hall–Kier alpha value is -0.820. The van der Waals surface area contributed by atoms with Crippen LogP contribution in [0.4, 0.5) is 0 Å². The number of aliphatic hydroxyl groups excluding tert-OH is 1. The lowest BCUT2D eigenvalue weighted by atomic mass is 9.76. The monoisotopic (exact) mass is 274 g/mol. The maximum atomic E-state index is 10.7. The summed E-state index contributed by atoms with van der Waals surface area (Å²) < 4.78 is 0. The van der Waals surface area contributed by atoms with E-state index in [9.17, 15) is 5.11 Å². The molecule has 2 unspecified atom stereocenters. The summed E-state index contributed by atoms with van der Waals surface area (Å²) in [6, 6.07) is 8.66. The van der Waals surface area contributed by atoms with Crippen LogP contribution in [0, 0.1) is 11.3 Å². The van der Waals surface area contributed by atoms with Crippen LogP contribution in [0.1, 0.15) is 77.5 Å². The first-order valence-electron chi connectivity index (χ1n) is 8.06. The topological polar surface area (TPSA) is 20.2 Å². The molecule has 1 fully saturated rings. The summed E-state index contributed by atoms with van der Waals surface area (Å²) in [6.45, 7) is 11.4. The molecule has 1 heteroatoms. The first-order valence-corrected chi connectivity index (χ1v) is 8.06. The van der Waals surface area contributed by atoms with Crippen LogP contribution in [0.3, 0.4) is 0 Å². The van der Waals surface area contributed by atoms with Crippen molar-refractivity contribution in [2.75, 3.05) is 0 Å². The Morgan fingerprint density at radius 2 is 1.85 bits per heavy atom. The number of benzene rings is 1. The van der Waals surface area contributed by atoms with Crippen LogP contribution in [0.2, 0.25) is 0 Å². The van der Waals surface area contributed by atoms with Gasteiger partial charge < -0.3 is 5.11 Å². The molecule has 1 N–H and O–H groups in total. The van der Waals surface area contributed by atoms with Gasteiger partial charge in [0.2, 0.25) is 0 Å². The van der Waals surface area contributed by atoms with Crippen LogP contribution in [0.15, 0.2) is 24.3 Å². The summed E-state index contributed by atoms with van der Waals surface area (Å²) in [5, 5.41) is 10.7. The fourth-order valence-electron chi connectivity index (χ4n) is 3.51. The molecule has 0 radical (unpaired) electrons. The number of hydrogen-bond acceptors (Lipinski definition) is 1. The Morgan fingerprint density at radius 3 is 2.30 bits per heavy atom. The van der Waals surface area contributed by atoms with E-state index in [0.29, 0.717) is 5.92 Å². The molecule has 0 amide bonds. The molecule has 1 aliphatic carbocycles. The Labute approximate surface area is 124 Å². The highest BCUT2D eigenvalue weighted by Gasteiger charge is 2.39. The molecule has 1 saturated carbocycles. The predicted molar refractivity (Wildman–Crippen MR) is 85.8 cm³/mol. The molecular weight excluding hydrogens is 244 g/mol. The van der Waals surface area contributed by atoms with Gasteiger partial charge in [0.15, 0.2) is 0 Å². The predicted octanol–water partition coefficient (Wildman–Crippen LogP) is 5.23. The van der Waals surface area contributed by atoms with Gasteiger partial charge in [0.25, 0.3) is 0 Å². The van der Waals surface area contributed by atoms with E-state index in [1.807, 2.05) is 0 Å². The van der Waals surface area contributed by atoms with Crippen LogP contribution in [0.5, 0.6) is 0 Å². The van der Waals surface area contributed by atoms with Gasteiger partial charge in [-0.3, -0.25) is 0 Å². The lowest BCUT2D eigenvalue weighted by molar-refractivity contribution is 0.0531. The van der Waals surface area contributed by atoms with Crippen LogP contribution in [0.25, 0.3) is 0 Å². The molecule has 1 aliphatic rings. The first kappa shape index (κ1) is 15.6. The molecule has 1 aromatic rings. The third-order valence-corrected chi connectivity index (χ3v) is 5.64. The van der Waals surface area contributed by atoms with Crippen molar-refractivity contribution in [1.82, 2.24) is 0 Å². The lowest BCUT2D eigenvalue weighted by Gasteiger charge is -2.32. The minimum Gasteiger partial charge on any atom is -0.388 e. The van der Waals surface area contributed by atoms with Gasteiger partial charge in [-0.2, -0.15) is 0 Å². The zero-order valence-corrected chi connectivity index (χ0v) is 13.7. The van der Waals surface area contributed by atoms with Crippen molar-refractivity contribution in [3.63, 3.8) is 0 Å². The van der Waals surface area contributed by atoms with Crippen molar-refractivity contribution in [2.45, 2.75) is 71.8 Å². The maximum absolute atomic E-state index is 10.7. The Morgan fingerprint density at radius 1 is 1.25 bits per heavy atom. The summed E-state index contributed by atoms with van der Waals surface area (Å²) in [4.78, 5) is 0. The van der Waals surface area contributed by atoms with Gasteiger partial charge in [0.05, 0.1) is 6.10 Å². The molecule has 0 aliphatic heterocycles. The van der Waals surface area contributed by atoms with Crippen molar-refractivity contribution in [2.24, 2.45) is 11.3 Å². The Bertz CT molecular complexity index is 441. The molecule has 0 aromatic heterocycles. The molecule has 0 saturated heterocycles. The maximum Gasteiger partial charge on any atom is 0.0823 e. The second-order valence-electron chi connectivity index (χ2n) is 7.79. The van der Waals surface area contributed by atoms with Gasteiger partial charge in [0.1, 0.15) is 0 Å². The average Bonchev–Trinajstić information content (AvgIpc) is 2.77. The fourth-order valence-corrected chi connectivity index (χ4v) is 3.51. The van der Waals surface area contributed by atoms with E-state index >= 15 is 0 Å². The molecule has 1 nitrogen and oxygen atoms in total. The number of rotatable bonds is 4. The highest BCUT2D eigenvalue weighted by atomic mass is 16.3. The van der Waals surface area contributed by atoms with E-state index in [4.69, 9.17) is 0 Å². The third kappa shape index (κ3) is 2.93. The molecule has 20 heavy (non-hydrogen) atoms. The second-order valence-corrected chi connectivity index (χ2v) is 7.79. The minimum absolute atomic E-state index is 0.218. The van der Waals surface area contributed by atoms with Gasteiger partial charge in [-0.15, -0.1) is 0 Å². The molecule has 2 rings (SSSR count). The van der Waals surface area contributed by atoms with Crippen molar-refractivity contribution < 1.29 is 5.11 Å². The Kier molecular flexibility index (Phi) is 4.30. The van der Waals surface area contributed by atoms with Crippen LogP contribution in [-0.4, -0.2) is 5.11 Å². The highest BCUT2D eigenvalue weighted by molar-refractivity contribution is 5.29. The summed E-state index contributed by atoms with van der Waals surface area (Å²) in [5.74, 6) is 0.396. The van der Waals surface area contributed by atoms with E-state index in [1.54, 1.807) is 0 Å². The zero-order chi connectivity index (χ0) is 15.0. The fraction of sp³-hybridized carbons (Fsp3) is 0.684. The summed E-state index contributed by atoms with van der Waals surface area (Å²) >= 11 is 0. The number of aliphatic hydroxyl groups is 1. The molecule has 0 heterocycles. The van der Waals surface area contributed by atoms with Crippen molar-refractivity contribution in [3.05, 3.63) is 35.4 Å². The molecule has 2 atom stereocenters. The van der Waals surface area contributed by atoms with Gasteiger partial charge in [0, 0.05) is 0 Å². The second kappa shape index (κ2) is 5.52. The van der Waals surface area contributed by atoms with Crippen LogP contribution in [-0.2, 0) is 5.41 Å². The quantitative estimate of drug-likeness (QED) is 0.796. The average molecular weight is 274 g/mol. The lowest BCUT2D eigenvalue weighted by Crippen LogP contribution is -2.24. The smallest absolute Gasteiger partial charge is 0.0823 e. The van der Waals surface area contributed by atoms with E-state index in [1.165, 1.54) is 18.4 Å². The van der Waals surface area contributed by atoms with Gasteiger partial charge in [-0.1, -0.05) is 65.3 Å². The Balaban J connectivity index is 2.18. The van der Waals surface area contributed by atoms with Crippen molar-refractivity contribution >= 4 is 0 Å². The van der Waals surface area contributed by atoms with Gasteiger partial charge >= 0.3 is 0 Å². The van der Waals surface area contributed by atoms with Gasteiger partial charge in [-0.05, 0) is 47.1 Å². The minimum atomic E-state index is -0.314. The molecule has 1 aromatic carbocycles. The molecule has 112 valence electrons. The van der Waals surface area contributed by atoms with E-state index in [0.717, 1.165) is 18.4 Å². The zero-order valence-electron chi connectivity index (χ0n) is 13.7. The molecule has 0 bridgehead atoms. The molecule has 0 spiro atoms. The number of hydrogen-bond donors (Lipinski definition) is 1. The largest absolute Gasteiger partial charge is 0.388 e. The summed E-state index contributed by atoms with van der Waals surface area (Å²) in [6.07, 6.45) is 4.44. The summed E-state index contributed by atoms with van der Waals surface area (Å²) in [5.41, 5.74) is 2.93. The SMILES string of the molecule is CCC(C)(C)c1ccc(C(O)C2CCCC2(C)C)cc1. The van der Waals surface area contributed by atoms with Crippen molar-refractivity contribution in [1.29, 1.82) is 0 Å². The van der Waals surface area contributed by atoms with E-state index < -0.39 is 0 Å². The highest BCUT2D eigenvalue weighted by Crippen LogP contribution is 2.48. The first-order chi connectivity index (χ1) is 9.28. The third-order valence-electron chi connectivity index (χ3n) is 5.64.